The average molecular weight is 228 g/mol. The third-order valence-electron chi connectivity index (χ3n) is 3.43. The van der Waals surface area contributed by atoms with Crippen LogP contribution in [0.2, 0.25) is 0 Å². The number of carbonyl (C=O) groups is 1. The Labute approximate surface area is 101 Å². The second-order valence-corrected chi connectivity index (χ2v) is 4.72. The molecule has 0 saturated heterocycles. The minimum absolute atomic E-state index is 0.119. The summed E-state index contributed by atoms with van der Waals surface area (Å²) in [7, 11) is 0. The van der Waals surface area contributed by atoms with Crippen molar-refractivity contribution in [1.82, 2.24) is 5.32 Å². The van der Waals surface area contributed by atoms with E-state index in [1.54, 1.807) is 0 Å². The Hall–Kier alpha value is -1.82. The van der Waals surface area contributed by atoms with Gasteiger partial charge < -0.3 is 5.32 Å². The standard InChI is InChI=1S/C14H16N2O/c1-11-3-5-12(6-4-11)9-16-13(17)14(10-15)7-2-8-14/h3-6H,2,7-9H2,1H3,(H,16,17). The summed E-state index contributed by atoms with van der Waals surface area (Å²) >= 11 is 0. The molecule has 0 radical (unpaired) electrons. The lowest BCUT2D eigenvalue weighted by Crippen LogP contribution is -2.44. The van der Waals surface area contributed by atoms with E-state index in [9.17, 15) is 4.79 Å². The van der Waals surface area contributed by atoms with Gasteiger partial charge in [-0.3, -0.25) is 4.79 Å². The number of amides is 1. The van der Waals surface area contributed by atoms with Gasteiger partial charge in [-0.1, -0.05) is 29.8 Å². The summed E-state index contributed by atoms with van der Waals surface area (Å²) in [6, 6.07) is 10.2. The minimum Gasteiger partial charge on any atom is -0.351 e. The summed E-state index contributed by atoms with van der Waals surface area (Å²) in [5, 5.41) is 11.9. The lowest BCUT2D eigenvalue weighted by Gasteiger charge is -2.33. The topological polar surface area (TPSA) is 52.9 Å². The molecular formula is C14H16N2O. The molecule has 1 N–H and O–H groups in total. The second kappa shape index (κ2) is 4.58. The maximum Gasteiger partial charge on any atom is 0.240 e. The highest BCUT2D eigenvalue weighted by Crippen LogP contribution is 2.40. The van der Waals surface area contributed by atoms with Crippen LogP contribution in [0.1, 0.15) is 30.4 Å². The van der Waals surface area contributed by atoms with Crippen LogP contribution < -0.4 is 5.32 Å². The lowest BCUT2D eigenvalue weighted by atomic mass is 9.69. The number of rotatable bonds is 3. The first kappa shape index (κ1) is 11.7. The van der Waals surface area contributed by atoms with Crippen molar-refractivity contribution in [3.05, 3.63) is 35.4 Å². The van der Waals surface area contributed by atoms with Crippen molar-refractivity contribution in [2.75, 3.05) is 0 Å². The number of nitrogens with zero attached hydrogens (tertiary/aromatic N) is 1. The van der Waals surface area contributed by atoms with Gasteiger partial charge in [-0.05, 0) is 31.7 Å². The molecule has 0 unspecified atom stereocenters. The van der Waals surface area contributed by atoms with Gasteiger partial charge in [0.1, 0.15) is 5.41 Å². The molecule has 1 saturated carbocycles. The average Bonchev–Trinajstić information content (AvgIpc) is 2.27. The van der Waals surface area contributed by atoms with Gasteiger partial charge in [0.25, 0.3) is 0 Å². The van der Waals surface area contributed by atoms with Crippen LogP contribution in [0.5, 0.6) is 0 Å². The van der Waals surface area contributed by atoms with E-state index < -0.39 is 5.41 Å². The fraction of sp³-hybridized carbons (Fsp3) is 0.429. The van der Waals surface area contributed by atoms with Crippen LogP contribution >= 0.6 is 0 Å². The maximum atomic E-state index is 11.9. The molecule has 3 nitrogen and oxygen atoms in total. The normalized spacial score (nSPS) is 16.7. The summed E-state index contributed by atoms with van der Waals surface area (Å²) < 4.78 is 0. The molecule has 1 aromatic rings. The Morgan fingerprint density at radius 3 is 2.53 bits per heavy atom. The number of carbonyl (C=O) groups excluding carboxylic acids is 1. The fourth-order valence-corrected chi connectivity index (χ4v) is 1.98. The molecule has 1 aliphatic carbocycles. The minimum atomic E-state index is -0.745. The predicted molar refractivity (Wildman–Crippen MR) is 64.9 cm³/mol. The monoisotopic (exact) mass is 228 g/mol. The van der Waals surface area contributed by atoms with Gasteiger partial charge in [0, 0.05) is 6.54 Å². The SMILES string of the molecule is Cc1ccc(CNC(=O)C2(C#N)CCC2)cc1. The zero-order valence-electron chi connectivity index (χ0n) is 9.99. The van der Waals surface area contributed by atoms with Crippen LogP contribution in [0.15, 0.2) is 24.3 Å². The smallest absolute Gasteiger partial charge is 0.240 e. The van der Waals surface area contributed by atoms with Crippen molar-refractivity contribution in [2.45, 2.75) is 32.7 Å². The number of hydrogen-bond acceptors (Lipinski definition) is 2. The van der Waals surface area contributed by atoms with E-state index in [2.05, 4.69) is 11.4 Å². The molecule has 0 heterocycles. The Balaban J connectivity index is 1.92. The number of aryl methyl sites for hydroxylation is 1. The molecule has 1 fully saturated rings. The van der Waals surface area contributed by atoms with Gasteiger partial charge >= 0.3 is 0 Å². The van der Waals surface area contributed by atoms with Crippen LogP contribution in [0.25, 0.3) is 0 Å². The molecule has 1 aromatic carbocycles. The zero-order chi connectivity index (χ0) is 12.3. The summed E-state index contributed by atoms with van der Waals surface area (Å²) in [6.07, 6.45) is 2.37. The van der Waals surface area contributed by atoms with Crippen LogP contribution in [0.4, 0.5) is 0 Å². The molecule has 0 aliphatic heterocycles. The van der Waals surface area contributed by atoms with Gasteiger partial charge in [0.2, 0.25) is 5.91 Å². The van der Waals surface area contributed by atoms with Crippen LogP contribution in [-0.4, -0.2) is 5.91 Å². The quantitative estimate of drug-likeness (QED) is 0.863. The third-order valence-corrected chi connectivity index (χ3v) is 3.43. The van der Waals surface area contributed by atoms with Crippen molar-refractivity contribution in [1.29, 1.82) is 5.26 Å². The van der Waals surface area contributed by atoms with E-state index in [4.69, 9.17) is 5.26 Å². The first-order valence-electron chi connectivity index (χ1n) is 5.91. The zero-order valence-corrected chi connectivity index (χ0v) is 9.99. The molecule has 88 valence electrons. The molecule has 0 spiro atoms. The first-order valence-corrected chi connectivity index (χ1v) is 5.91. The lowest BCUT2D eigenvalue weighted by molar-refractivity contribution is -0.131. The number of benzene rings is 1. The maximum absolute atomic E-state index is 11.9. The number of nitrogens with one attached hydrogen (secondary N) is 1. The van der Waals surface area contributed by atoms with E-state index >= 15 is 0 Å². The highest BCUT2D eigenvalue weighted by molar-refractivity contribution is 5.86. The molecular weight excluding hydrogens is 212 g/mol. The molecule has 0 aromatic heterocycles. The van der Waals surface area contributed by atoms with Crippen molar-refractivity contribution in [2.24, 2.45) is 5.41 Å². The largest absolute Gasteiger partial charge is 0.351 e. The second-order valence-electron chi connectivity index (χ2n) is 4.72. The number of hydrogen-bond donors (Lipinski definition) is 1. The van der Waals surface area contributed by atoms with Gasteiger partial charge in [0.05, 0.1) is 6.07 Å². The third kappa shape index (κ3) is 2.31. The summed E-state index contributed by atoms with van der Waals surface area (Å²) in [5.74, 6) is -0.119. The molecule has 0 bridgehead atoms. The Morgan fingerprint density at radius 1 is 1.41 bits per heavy atom. The van der Waals surface area contributed by atoms with E-state index in [-0.39, 0.29) is 5.91 Å². The summed E-state index contributed by atoms with van der Waals surface area (Å²) in [4.78, 5) is 11.9. The van der Waals surface area contributed by atoms with Crippen LogP contribution in [-0.2, 0) is 11.3 Å². The van der Waals surface area contributed by atoms with Gasteiger partial charge in [-0.25, -0.2) is 0 Å². The van der Waals surface area contributed by atoms with Gasteiger partial charge in [-0.2, -0.15) is 5.26 Å². The van der Waals surface area contributed by atoms with Crippen LogP contribution in [0.3, 0.4) is 0 Å². The van der Waals surface area contributed by atoms with Crippen molar-refractivity contribution >= 4 is 5.91 Å². The summed E-state index contributed by atoms with van der Waals surface area (Å²) in [5.41, 5.74) is 1.52. The van der Waals surface area contributed by atoms with E-state index in [1.807, 2.05) is 31.2 Å². The highest BCUT2D eigenvalue weighted by Gasteiger charge is 2.44. The Kier molecular flexibility index (Phi) is 3.14. The van der Waals surface area contributed by atoms with Crippen molar-refractivity contribution < 1.29 is 4.79 Å². The molecule has 1 aliphatic rings. The highest BCUT2D eigenvalue weighted by atomic mass is 16.2. The molecule has 2 rings (SSSR count). The van der Waals surface area contributed by atoms with Gasteiger partial charge in [0.15, 0.2) is 0 Å². The number of nitriles is 1. The summed E-state index contributed by atoms with van der Waals surface area (Å²) in [6.45, 7) is 2.53. The molecule has 3 heteroatoms. The first-order chi connectivity index (χ1) is 8.16. The predicted octanol–water partition coefficient (Wildman–Crippen LogP) is 2.31. The fourth-order valence-electron chi connectivity index (χ4n) is 1.98. The Bertz CT molecular complexity index is 452. The molecule has 1 amide bonds. The van der Waals surface area contributed by atoms with Crippen molar-refractivity contribution in [3.63, 3.8) is 0 Å². The molecule has 0 atom stereocenters. The van der Waals surface area contributed by atoms with E-state index in [0.717, 1.165) is 12.0 Å². The van der Waals surface area contributed by atoms with Crippen molar-refractivity contribution in [3.8, 4) is 6.07 Å². The molecule has 17 heavy (non-hydrogen) atoms. The Morgan fingerprint density at radius 2 is 2.06 bits per heavy atom. The van der Waals surface area contributed by atoms with E-state index in [0.29, 0.717) is 19.4 Å². The van der Waals surface area contributed by atoms with Crippen LogP contribution in [0, 0.1) is 23.7 Å². The van der Waals surface area contributed by atoms with E-state index in [1.165, 1.54) is 5.56 Å². The van der Waals surface area contributed by atoms with Gasteiger partial charge in [-0.15, -0.1) is 0 Å².